The molecule has 0 aliphatic carbocycles. The lowest BCUT2D eigenvalue weighted by Gasteiger charge is -2.09. The smallest absolute Gasteiger partial charge is 0.375 e. The zero-order chi connectivity index (χ0) is 12.7. The van der Waals surface area contributed by atoms with Crippen molar-refractivity contribution in [2.75, 3.05) is 0 Å². The number of aromatic hydroxyl groups is 1. The summed E-state index contributed by atoms with van der Waals surface area (Å²) >= 11 is 0. The van der Waals surface area contributed by atoms with Crippen LogP contribution < -0.4 is 5.56 Å². The van der Waals surface area contributed by atoms with E-state index in [4.69, 9.17) is 0 Å². The molecule has 0 atom stereocenters. The van der Waals surface area contributed by atoms with E-state index >= 15 is 0 Å². The number of aryl methyl sites for hydroxylation is 2. The highest BCUT2D eigenvalue weighted by atomic mass is 16.6. The summed E-state index contributed by atoms with van der Waals surface area (Å²) in [6.07, 6.45) is 0. The van der Waals surface area contributed by atoms with Gasteiger partial charge in [-0.3, -0.25) is 14.9 Å². The molecule has 1 N–H and O–H groups in total. The maximum Gasteiger partial charge on any atom is 0.375 e. The molecule has 6 heteroatoms. The van der Waals surface area contributed by atoms with E-state index in [0.717, 1.165) is 5.56 Å². The Morgan fingerprint density at radius 2 is 2.06 bits per heavy atom. The van der Waals surface area contributed by atoms with Crippen LogP contribution >= 0.6 is 0 Å². The van der Waals surface area contributed by atoms with Gasteiger partial charge in [-0.25, -0.2) is 0 Å². The maximum atomic E-state index is 11.8. The van der Waals surface area contributed by atoms with Gasteiger partial charge in [-0.15, -0.1) is 0 Å². The van der Waals surface area contributed by atoms with Gasteiger partial charge in [-0.05, 0) is 18.6 Å². The molecule has 2 aromatic rings. The second-order valence-electron chi connectivity index (χ2n) is 3.79. The molecule has 0 aliphatic heterocycles. The largest absolute Gasteiger partial charge is 0.501 e. The summed E-state index contributed by atoms with van der Waals surface area (Å²) in [4.78, 5) is 21.7. The number of hydrogen-bond acceptors (Lipinski definition) is 4. The molecule has 0 saturated carbocycles. The van der Waals surface area contributed by atoms with E-state index in [1.54, 1.807) is 25.1 Å². The third kappa shape index (κ3) is 1.45. The number of pyridine rings is 1. The molecule has 6 nitrogen and oxygen atoms in total. The molecule has 0 saturated heterocycles. The molecule has 1 aromatic heterocycles. The maximum absolute atomic E-state index is 11.8. The van der Waals surface area contributed by atoms with E-state index in [2.05, 4.69) is 0 Å². The van der Waals surface area contributed by atoms with Crippen LogP contribution in [-0.2, 0) is 7.05 Å². The quantitative estimate of drug-likeness (QED) is 0.597. The third-order valence-electron chi connectivity index (χ3n) is 2.74. The minimum atomic E-state index is -0.862. The molecule has 0 unspecified atom stereocenters. The number of nitrogens with zero attached hydrogens (tertiary/aromatic N) is 2. The highest BCUT2D eigenvalue weighted by molar-refractivity contribution is 5.90. The van der Waals surface area contributed by atoms with E-state index in [0.29, 0.717) is 10.9 Å². The van der Waals surface area contributed by atoms with E-state index in [1.807, 2.05) is 0 Å². The van der Waals surface area contributed by atoms with E-state index in [9.17, 15) is 20.0 Å². The standard InChI is InChI=1S/C11H10N2O4/c1-6-4-3-5-7-8(6)12(2)11(15)9(10(7)14)13(16)17/h3-5,14H,1-2H3. The second-order valence-corrected chi connectivity index (χ2v) is 3.79. The Hall–Kier alpha value is -2.37. The van der Waals surface area contributed by atoms with Crippen LogP contribution in [0.25, 0.3) is 10.9 Å². The van der Waals surface area contributed by atoms with E-state index < -0.39 is 21.9 Å². The van der Waals surface area contributed by atoms with Gasteiger partial charge < -0.3 is 9.67 Å². The predicted molar refractivity (Wildman–Crippen MR) is 62.2 cm³/mol. The summed E-state index contributed by atoms with van der Waals surface area (Å²) in [6, 6.07) is 4.99. The Morgan fingerprint density at radius 1 is 1.41 bits per heavy atom. The van der Waals surface area contributed by atoms with Gasteiger partial charge in [0, 0.05) is 12.4 Å². The van der Waals surface area contributed by atoms with Crippen molar-refractivity contribution in [1.82, 2.24) is 4.57 Å². The highest BCUT2D eigenvalue weighted by Crippen LogP contribution is 2.31. The fourth-order valence-corrected chi connectivity index (χ4v) is 1.95. The molecule has 17 heavy (non-hydrogen) atoms. The van der Waals surface area contributed by atoms with Gasteiger partial charge in [0.2, 0.25) is 5.75 Å². The summed E-state index contributed by atoms with van der Waals surface area (Å²) in [5, 5.41) is 20.9. The van der Waals surface area contributed by atoms with Crippen LogP contribution in [0.5, 0.6) is 5.75 Å². The van der Waals surface area contributed by atoms with Crippen LogP contribution in [0.15, 0.2) is 23.0 Å². The zero-order valence-electron chi connectivity index (χ0n) is 9.30. The van der Waals surface area contributed by atoms with Gasteiger partial charge in [-0.1, -0.05) is 12.1 Å². The molecule has 0 spiro atoms. The molecule has 2 rings (SSSR count). The van der Waals surface area contributed by atoms with Crippen molar-refractivity contribution in [3.8, 4) is 5.75 Å². The van der Waals surface area contributed by atoms with Gasteiger partial charge in [0.1, 0.15) is 0 Å². The van der Waals surface area contributed by atoms with Crippen LogP contribution in [0, 0.1) is 17.0 Å². The molecular weight excluding hydrogens is 224 g/mol. The molecule has 0 radical (unpaired) electrons. The van der Waals surface area contributed by atoms with E-state index in [-0.39, 0.29) is 0 Å². The van der Waals surface area contributed by atoms with Gasteiger partial charge in [0.05, 0.1) is 10.4 Å². The Kier molecular flexibility index (Phi) is 2.35. The minimum Gasteiger partial charge on any atom is -0.501 e. The molecular formula is C11H10N2O4. The number of aromatic nitrogens is 1. The van der Waals surface area contributed by atoms with Crippen LogP contribution in [0.2, 0.25) is 0 Å². The average Bonchev–Trinajstić information content (AvgIpc) is 2.25. The molecule has 0 amide bonds. The topological polar surface area (TPSA) is 85.4 Å². The molecule has 0 aliphatic rings. The van der Waals surface area contributed by atoms with Crippen molar-refractivity contribution < 1.29 is 10.0 Å². The second kappa shape index (κ2) is 3.58. The molecule has 88 valence electrons. The number of benzene rings is 1. The highest BCUT2D eigenvalue weighted by Gasteiger charge is 2.24. The van der Waals surface area contributed by atoms with Crippen molar-refractivity contribution in [2.24, 2.45) is 7.05 Å². The first-order valence-electron chi connectivity index (χ1n) is 4.90. The Labute approximate surface area is 95.9 Å². The first-order valence-corrected chi connectivity index (χ1v) is 4.90. The lowest BCUT2D eigenvalue weighted by molar-refractivity contribution is -0.387. The summed E-state index contributed by atoms with van der Waals surface area (Å²) in [7, 11) is 1.45. The van der Waals surface area contributed by atoms with Gasteiger partial charge in [-0.2, -0.15) is 0 Å². The first-order chi connectivity index (χ1) is 7.95. The molecule has 1 aromatic carbocycles. The fourth-order valence-electron chi connectivity index (χ4n) is 1.95. The fraction of sp³-hybridized carbons (Fsp3) is 0.182. The lowest BCUT2D eigenvalue weighted by atomic mass is 10.1. The van der Waals surface area contributed by atoms with Crippen LogP contribution in [-0.4, -0.2) is 14.6 Å². The normalized spacial score (nSPS) is 10.7. The Balaban J connectivity index is 3.12. The third-order valence-corrected chi connectivity index (χ3v) is 2.74. The van der Waals surface area contributed by atoms with Crippen LogP contribution in [0.4, 0.5) is 5.69 Å². The number of rotatable bonds is 1. The summed E-state index contributed by atoms with van der Waals surface area (Å²) in [5.41, 5.74) is -0.326. The molecule has 0 fully saturated rings. The minimum absolute atomic E-state index is 0.304. The molecule has 0 bridgehead atoms. The first kappa shape index (κ1) is 11.1. The lowest BCUT2D eigenvalue weighted by Crippen LogP contribution is -2.20. The van der Waals surface area contributed by atoms with Crippen LogP contribution in [0.3, 0.4) is 0 Å². The van der Waals surface area contributed by atoms with Crippen molar-refractivity contribution in [3.63, 3.8) is 0 Å². The Bertz CT molecular complexity index is 688. The van der Waals surface area contributed by atoms with Crippen molar-refractivity contribution in [3.05, 3.63) is 44.2 Å². The zero-order valence-corrected chi connectivity index (χ0v) is 9.30. The summed E-state index contributed by atoms with van der Waals surface area (Å²) < 4.78 is 1.18. The predicted octanol–water partition coefficient (Wildman–Crippen LogP) is 1.46. The number of nitro groups is 1. The Morgan fingerprint density at radius 3 is 2.65 bits per heavy atom. The van der Waals surface area contributed by atoms with Gasteiger partial charge in [0.25, 0.3) is 0 Å². The van der Waals surface area contributed by atoms with E-state index in [1.165, 1.54) is 11.6 Å². The number of para-hydroxylation sites is 1. The van der Waals surface area contributed by atoms with Crippen molar-refractivity contribution in [2.45, 2.75) is 6.92 Å². The monoisotopic (exact) mass is 234 g/mol. The number of hydrogen-bond donors (Lipinski definition) is 1. The van der Waals surface area contributed by atoms with Gasteiger partial charge in [0.15, 0.2) is 0 Å². The SMILES string of the molecule is Cc1cccc2c(O)c([N+](=O)[O-])c(=O)n(C)c12. The molecule has 1 heterocycles. The van der Waals surface area contributed by atoms with Crippen molar-refractivity contribution >= 4 is 16.6 Å². The van der Waals surface area contributed by atoms with Gasteiger partial charge >= 0.3 is 11.2 Å². The average molecular weight is 234 g/mol. The number of fused-ring (bicyclic) bond motifs is 1. The summed E-state index contributed by atoms with van der Waals surface area (Å²) in [5.74, 6) is -0.572. The summed E-state index contributed by atoms with van der Waals surface area (Å²) in [6.45, 7) is 1.77. The van der Waals surface area contributed by atoms with Crippen LogP contribution in [0.1, 0.15) is 5.56 Å². The van der Waals surface area contributed by atoms with Crippen molar-refractivity contribution in [1.29, 1.82) is 0 Å².